The van der Waals surface area contributed by atoms with Crippen LogP contribution in [0.1, 0.15) is 45.4 Å². The Morgan fingerprint density at radius 1 is 1.39 bits per heavy atom. The average molecular weight is 277 g/mol. The Hall–Kier alpha value is -0.130. The Morgan fingerprint density at radius 2 is 2.06 bits per heavy atom. The van der Waals surface area contributed by atoms with Crippen molar-refractivity contribution >= 4 is 9.84 Å². The van der Waals surface area contributed by atoms with Crippen molar-refractivity contribution in [2.45, 2.75) is 57.1 Å². The fraction of sp³-hybridized carbons (Fsp3) is 1.00. The number of sulfone groups is 1. The highest BCUT2D eigenvalue weighted by molar-refractivity contribution is 7.91. The molecule has 108 valence electrons. The van der Waals surface area contributed by atoms with E-state index in [1.54, 1.807) is 14.0 Å². The monoisotopic (exact) mass is 277 g/mol. The van der Waals surface area contributed by atoms with E-state index < -0.39 is 9.84 Å². The normalized spacial score (nSPS) is 20.4. The highest BCUT2D eigenvalue weighted by atomic mass is 32.2. The van der Waals surface area contributed by atoms with E-state index in [2.05, 4.69) is 5.32 Å². The first-order valence-corrected chi connectivity index (χ1v) is 8.72. The van der Waals surface area contributed by atoms with Gasteiger partial charge in [-0.3, -0.25) is 0 Å². The maximum Gasteiger partial charge on any atom is 0.150 e. The summed E-state index contributed by atoms with van der Waals surface area (Å²) in [4.78, 5) is 0. The smallest absolute Gasteiger partial charge is 0.150 e. The molecule has 4 nitrogen and oxygen atoms in total. The van der Waals surface area contributed by atoms with Crippen LogP contribution in [0.25, 0.3) is 0 Å². The largest absolute Gasteiger partial charge is 0.378 e. The maximum absolute atomic E-state index is 11.4. The first-order valence-electron chi connectivity index (χ1n) is 6.90. The average Bonchev–Trinajstić information content (AvgIpc) is 2.31. The third kappa shape index (κ3) is 4.52. The number of ether oxygens (including phenoxy) is 1. The van der Waals surface area contributed by atoms with Crippen LogP contribution in [0.5, 0.6) is 0 Å². The third-order valence-corrected chi connectivity index (χ3v) is 5.96. The summed E-state index contributed by atoms with van der Waals surface area (Å²) in [6.07, 6.45) is 6.15. The molecule has 1 atom stereocenters. The molecule has 0 heterocycles. The zero-order valence-electron chi connectivity index (χ0n) is 11.9. The number of nitrogens with one attached hydrogen (secondary N) is 1. The van der Waals surface area contributed by atoms with Gasteiger partial charge in [-0.25, -0.2) is 8.42 Å². The summed E-state index contributed by atoms with van der Waals surface area (Å²) in [5, 5.41) is 3.29. The SMILES string of the molecule is CCS(=O)(=O)CCCC(CC1(OC)CCC1)NC. The molecule has 0 saturated heterocycles. The number of methoxy groups -OCH3 is 1. The van der Waals surface area contributed by atoms with Gasteiger partial charge in [-0.15, -0.1) is 0 Å². The first-order chi connectivity index (χ1) is 8.47. The lowest BCUT2D eigenvalue weighted by Gasteiger charge is -2.42. The summed E-state index contributed by atoms with van der Waals surface area (Å²) < 4.78 is 28.5. The molecule has 0 aromatic heterocycles. The topological polar surface area (TPSA) is 55.4 Å². The summed E-state index contributed by atoms with van der Waals surface area (Å²) in [5.41, 5.74) is 0.0529. The lowest BCUT2D eigenvalue weighted by molar-refractivity contribution is -0.0835. The minimum Gasteiger partial charge on any atom is -0.378 e. The van der Waals surface area contributed by atoms with Crippen LogP contribution in [0.3, 0.4) is 0 Å². The highest BCUT2D eigenvalue weighted by Gasteiger charge is 2.38. The number of hydrogen-bond acceptors (Lipinski definition) is 4. The van der Waals surface area contributed by atoms with Gasteiger partial charge in [0, 0.05) is 18.9 Å². The van der Waals surface area contributed by atoms with Gasteiger partial charge in [-0.05, 0) is 45.6 Å². The Balaban J connectivity index is 2.34. The second-order valence-corrected chi connectivity index (χ2v) is 7.78. The van der Waals surface area contributed by atoms with Gasteiger partial charge in [0.15, 0.2) is 0 Å². The lowest BCUT2D eigenvalue weighted by atomic mass is 9.75. The molecule has 0 aromatic rings. The van der Waals surface area contributed by atoms with Crippen LogP contribution in [0, 0.1) is 0 Å². The zero-order valence-corrected chi connectivity index (χ0v) is 12.7. The standard InChI is InChI=1S/C13H27NO3S/c1-4-18(15,16)10-5-7-12(14-2)11-13(17-3)8-6-9-13/h12,14H,4-11H2,1-3H3. The molecule has 0 spiro atoms. The van der Waals surface area contributed by atoms with E-state index in [0.717, 1.165) is 32.1 Å². The minimum atomic E-state index is -2.82. The molecule has 5 heteroatoms. The third-order valence-electron chi connectivity index (χ3n) is 4.17. The Labute approximate surface area is 111 Å². The predicted molar refractivity (Wildman–Crippen MR) is 74.6 cm³/mol. The van der Waals surface area contributed by atoms with Crippen molar-refractivity contribution in [2.75, 3.05) is 25.7 Å². The van der Waals surface area contributed by atoms with Crippen molar-refractivity contribution in [1.82, 2.24) is 5.32 Å². The van der Waals surface area contributed by atoms with Crippen molar-refractivity contribution in [3.63, 3.8) is 0 Å². The van der Waals surface area contributed by atoms with Crippen molar-refractivity contribution < 1.29 is 13.2 Å². The van der Waals surface area contributed by atoms with Gasteiger partial charge in [0.05, 0.1) is 11.4 Å². The van der Waals surface area contributed by atoms with Crippen LogP contribution in [0.15, 0.2) is 0 Å². The molecule has 18 heavy (non-hydrogen) atoms. The highest BCUT2D eigenvalue weighted by Crippen LogP contribution is 2.39. The Kier molecular flexibility index (Phi) is 6.08. The van der Waals surface area contributed by atoms with E-state index in [4.69, 9.17) is 4.74 Å². The molecule has 1 aliphatic rings. The van der Waals surface area contributed by atoms with Gasteiger partial charge in [0.1, 0.15) is 9.84 Å². The minimum absolute atomic E-state index is 0.0529. The van der Waals surface area contributed by atoms with Crippen molar-refractivity contribution in [2.24, 2.45) is 0 Å². The van der Waals surface area contributed by atoms with Crippen LogP contribution in [0.2, 0.25) is 0 Å². The zero-order chi connectivity index (χ0) is 13.6. The molecule has 0 aliphatic heterocycles. The van der Waals surface area contributed by atoms with E-state index in [0.29, 0.717) is 11.8 Å². The number of rotatable bonds is 9. The van der Waals surface area contributed by atoms with Crippen LogP contribution < -0.4 is 5.32 Å². The summed E-state index contributed by atoms with van der Waals surface area (Å²) >= 11 is 0. The van der Waals surface area contributed by atoms with E-state index in [9.17, 15) is 8.42 Å². The molecule has 1 N–H and O–H groups in total. The molecule has 0 aromatic carbocycles. The van der Waals surface area contributed by atoms with Gasteiger partial charge in [0.25, 0.3) is 0 Å². The molecular formula is C13H27NO3S. The molecule has 1 unspecified atom stereocenters. The second kappa shape index (κ2) is 6.87. The molecule has 1 saturated carbocycles. The van der Waals surface area contributed by atoms with Crippen LogP contribution >= 0.6 is 0 Å². The van der Waals surface area contributed by atoms with Gasteiger partial charge >= 0.3 is 0 Å². The van der Waals surface area contributed by atoms with E-state index in [1.807, 2.05) is 7.05 Å². The fourth-order valence-electron chi connectivity index (χ4n) is 2.55. The number of hydrogen-bond donors (Lipinski definition) is 1. The Bertz CT molecular complexity index is 331. The fourth-order valence-corrected chi connectivity index (χ4v) is 3.45. The van der Waals surface area contributed by atoms with Gasteiger partial charge < -0.3 is 10.1 Å². The van der Waals surface area contributed by atoms with Gasteiger partial charge in [-0.1, -0.05) is 6.92 Å². The van der Waals surface area contributed by atoms with Crippen LogP contribution in [-0.4, -0.2) is 45.7 Å². The van der Waals surface area contributed by atoms with Gasteiger partial charge in [0.2, 0.25) is 0 Å². The van der Waals surface area contributed by atoms with E-state index >= 15 is 0 Å². The Morgan fingerprint density at radius 3 is 2.44 bits per heavy atom. The van der Waals surface area contributed by atoms with Crippen LogP contribution in [-0.2, 0) is 14.6 Å². The summed E-state index contributed by atoms with van der Waals surface area (Å²) in [7, 11) is 0.907. The van der Waals surface area contributed by atoms with Gasteiger partial charge in [-0.2, -0.15) is 0 Å². The van der Waals surface area contributed by atoms with Crippen LogP contribution in [0.4, 0.5) is 0 Å². The summed E-state index contributed by atoms with van der Waals surface area (Å²) in [6.45, 7) is 1.71. The quantitative estimate of drug-likeness (QED) is 0.697. The van der Waals surface area contributed by atoms with Crippen molar-refractivity contribution in [1.29, 1.82) is 0 Å². The second-order valence-electron chi connectivity index (χ2n) is 5.31. The molecular weight excluding hydrogens is 250 g/mol. The molecule has 1 fully saturated rings. The molecule has 1 rings (SSSR count). The molecule has 0 amide bonds. The van der Waals surface area contributed by atoms with Crippen molar-refractivity contribution in [3.05, 3.63) is 0 Å². The molecule has 0 radical (unpaired) electrons. The lowest BCUT2D eigenvalue weighted by Crippen LogP contribution is -2.45. The van der Waals surface area contributed by atoms with Crippen molar-refractivity contribution in [3.8, 4) is 0 Å². The van der Waals surface area contributed by atoms with E-state index in [1.165, 1.54) is 6.42 Å². The van der Waals surface area contributed by atoms with E-state index in [-0.39, 0.29) is 11.4 Å². The first kappa shape index (κ1) is 15.9. The molecule has 0 bridgehead atoms. The maximum atomic E-state index is 11.4. The summed E-state index contributed by atoms with van der Waals surface area (Å²) in [6, 6.07) is 0.359. The predicted octanol–water partition coefficient (Wildman–Crippen LogP) is 1.75. The summed E-state index contributed by atoms with van der Waals surface area (Å²) in [5.74, 6) is 0.556. The molecule has 1 aliphatic carbocycles.